The lowest BCUT2D eigenvalue weighted by Crippen LogP contribution is -2.52. The Labute approximate surface area is 116 Å². The monoisotopic (exact) mass is 272 g/mol. The molecule has 20 heavy (non-hydrogen) atoms. The Morgan fingerprint density at radius 1 is 1.50 bits per heavy atom. The van der Waals surface area contributed by atoms with E-state index in [2.05, 4.69) is 17.2 Å². The van der Waals surface area contributed by atoms with Crippen LogP contribution in [0.4, 0.5) is 0 Å². The van der Waals surface area contributed by atoms with E-state index in [9.17, 15) is 9.59 Å². The fourth-order valence-electron chi connectivity index (χ4n) is 3.18. The molecule has 2 amide bonds. The van der Waals surface area contributed by atoms with Crippen molar-refractivity contribution in [3.63, 3.8) is 0 Å². The molecule has 0 spiro atoms. The average Bonchev–Trinajstić information content (AvgIpc) is 3.06. The van der Waals surface area contributed by atoms with Crippen molar-refractivity contribution in [2.45, 2.75) is 19.4 Å². The second-order valence-corrected chi connectivity index (χ2v) is 5.52. The number of hydrogen-bond donors (Lipinski definition) is 2. The highest BCUT2D eigenvalue weighted by atomic mass is 16.2. The topological polar surface area (TPSA) is 89.0 Å². The molecule has 3 rings (SSSR count). The molecule has 2 aliphatic rings. The Morgan fingerprint density at radius 2 is 2.30 bits per heavy atom. The molecule has 3 atom stereocenters. The molecule has 2 aliphatic heterocycles. The van der Waals surface area contributed by atoms with Crippen molar-refractivity contribution in [1.29, 1.82) is 5.26 Å². The normalized spacial score (nSPS) is 28.7. The van der Waals surface area contributed by atoms with E-state index < -0.39 is 0 Å². The maximum Gasteiger partial charge on any atom is 0.270 e. The minimum atomic E-state index is -0.375. The number of likely N-dealkylation sites (tertiary alicyclic amines) is 1. The first kappa shape index (κ1) is 12.7. The van der Waals surface area contributed by atoms with Gasteiger partial charge in [0.2, 0.25) is 5.91 Å². The molecule has 2 N–H and O–H groups in total. The zero-order valence-electron chi connectivity index (χ0n) is 11.2. The van der Waals surface area contributed by atoms with Gasteiger partial charge in [-0.15, -0.1) is 0 Å². The molecule has 1 aromatic rings. The number of nitriles is 1. The van der Waals surface area contributed by atoms with Gasteiger partial charge in [0.15, 0.2) is 0 Å². The number of rotatable bonds is 1. The van der Waals surface area contributed by atoms with E-state index in [0.717, 1.165) is 6.42 Å². The van der Waals surface area contributed by atoms with Gasteiger partial charge in [0.1, 0.15) is 23.5 Å². The molecule has 0 bridgehead atoms. The number of fused-ring (bicyclic) bond motifs is 1. The summed E-state index contributed by atoms with van der Waals surface area (Å²) >= 11 is 0. The van der Waals surface area contributed by atoms with Crippen molar-refractivity contribution in [1.82, 2.24) is 15.2 Å². The fraction of sp³-hybridized carbons (Fsp3) is 0.500. The quantitative estimate of drug-likeness (QED) is 0.779. The van der Waals surface area contributed by atoms with Crippen molar-refractivity contribution >= 4 is 11.8 Å². The minimum Gasteiger partial charge on any atom is -0.354 e. The van der Waals surface area contributed by atoms with Crippen LogP contribution in [0.25, 0.3) is 0 Å². The SMILES string of the molecule is CC1CCN(C(=O)c2ccc(C#N)[nH]2)C2C(=O)NCC12. The summed E-state index contributed by atoms with van der Waals surface area (Å²) in [6, 6.07) is 4.76. The van der Waals surface area contributed by atoms with Crippen LogP contribution in [0, 0.1) is 23.2 Å². The molecule has 6 heteroatoms. The van der Waals surface area contributed by atoms with Crippen LogP contribution in [-0.4, -0.2) is 40.8 Å². The molecule has 3 unspecified atom stereocenters. The smallest absolute Gasteiger partial charge is 0.270 e. The van der Waals surface area contributed by atoms with E-state index in [0.29, 0.717) is 30.4 Å². The van der Waals surface area contributed by atoms with Gasteiger partial charge in [0, 0.05) is 19.0 Å². The summed E-state index contributed by atoms with van der Waals surface area (Å²) < 4.78 is 0. The maximum atomic E-state index is 12.5. The Hall–Kier alpha value is -2.29. The summed E-state index contributed by atoms with van der Waals surface area (Å²) in [5, 5.41) is 11.6. The lowest BCUT2D eigenvalue weighted by atomic mass is 9.82. The summed E-state index contributed by atoms with van der Waals surface area (Å²) in [5.41, 5.74) is 0.723. The van der Waals surface area contributed by atoms with Crippen molar-refractivity contribution in [2.24, 2.45) is 11.8 Å². The van der Waals surface area contributed by atoms with E-state index in [-0.39, 0.29) is 23.8 Å². The molecular formula is C14H16N4O2. The molecule has 2 saturated heterocycles. The maximum absolute atomic E-state index is 12.5. The fourth-order valence-corrected chi connectivity index (χ4v) is 3.18. The van der Waals surface area contributed by atoms with E-state index in [1.54, 1.807) is 17.0 Å². The number of aromatic nitrogens is 1. The molecule has 104 valence electrons. The van der Waals surface area contributed by atoms with Crippen molar-refractivity contribution in [3.05, 3.63) is 23.5 Å². The van der Waals surface area contributed by atoms with Gasteiger partial charge in [-0.1, -0.05) is 6.92 Å². The summed E-state index contributed by atoms with van der Waals surface area (Å²) in [6.45, 7) is 3.35. The average molecular weight is 272 g/mol. The van der Waals surface area contributed by atoms with E-state index >= 15 is 0 Å². The molecule has 3 heterocycles. The number of carbonyl (C=O) groups excluding carboxylic acids is 2. The minimum absolute atomic E-state index is 0.0676. The Morgan fingerprint density at radius 3 is 3.00 bits per heavy atom. The van der Waals surface area contributed by atoms with Crippen LogP contribution in [0.5, 0.6) is 0 Å². The highest BCUT2D eigenvalue weighted by Gasteiger charge is 2.46. The van der Waals surface area contributed by atoms with Gasteiger partial charge in [-0.2, -0.15) is 5.26 Å². The summed E-state index contributed by atoms with van der Waals surface area (Å²) in [4.78, 5) is 28.9. The predicted octanol–water partition coefficient (Wildman–Crippen LogP) is 0.483. The van der Waals surface area contributed by atoms with Crippen LogP contribution >= 0.6 is 0 Å². The van der Waals surface area contributed by atoms with E-state index in [1.807, 2.05) is 6.07 Å². The van der Waals surface area contributed by atoms with Crippen LogP contribution in [-0.2, 0) is 4.79 Å². The van der Waals surface area contributed by atoms with Crippen LogP contribution in [0.15, 0.2) is 12.1 Å². The molecule has 1 aromatic heterocycles. The predicted molar refractivity (Wildman–Crippen MR) is 70.6 cm³/mol. The number of nitrogens with one attached hydrogen (secondary N) is 2. The third-order valence-corrected chi connectivity index (χ3v) is 4.38. The number of aromatic amines is 1. The molecule has 0 saturated carbocycles. The highest BCUT2D eigenvalue weighted by Crippen LogP contribution is 2.32. The lowest BCUT2D eigenvalue weighted by Gasteiger charge is -2.38. The molecule has 0 radical (unpaired) electrons. The van der Waals surface area contributed by atoms with Gasteiger partial charge in [0.25, 0.3) is 5.91 Å². The standard InChI is InChI=1S/C14H16N4O2/c1-8-4-5-18(12-10(8)7-16-13(12)19)14(20)11-3-2-9(6-15)17-11/h2-3,8,10,12,17H,4-5,7H2,1H3,(H,16,19). The largest absolute Gasteiger partial charge is 0.354 e. The van der Waals surface area contributed by atoms with E-state index in [4.69, 9.17) is 5.26 Å². The third-order valence-electron chi connectivity index (χ3n) is 4.38. The number of nitrogens with zero attached hydrogens (tertiary/aromatic N) is 2. The van der Waals surface area contributed by atoms with Gasteiger partial charge >= 0.3 is 0 Å². The highest BCUT2D eigenvalue weighted by molar-refractivity contribution is 5.97. The summed E-state index contributed by atoms with van der Waals surface area (Å²) in [5.74, 6) is 0.347. The van der Waals surface area contributed by atoms with Gasteiger partial charge in [-0.3, -0.25) is 9.59 Å². The van der Waals surface area contributed by atoms with Gasteiger partial charge in [0.05, 0.1) is 0 Å². The molecule has 6 nitrogen and oxygen atoms in total. The summed E-state index contributed by atoms with van der Waals surface area (Å²) in [7, 11) is 0. The second kappa shape index (κ2) is 4.67. The van der Waals surface area contributed by atoms with Crippen molar-refractivity contribution < 1.29 is 9.59 Å². The van der Waals surface area contributed by atoms with Crippen LogP contribution in [0.2, 0.25) is 0 Å². The first-order valence-corrected chi connectivity index (χ1v) is 6.79. The summed E-state index contributed by atoms with van der Waals surface area (Å²) in [6.07, 6.45) is 0.897. The van der Waals surface area contributed by atoms with Crippen LogP contribution in [0.1, 0.15) is 29.5 Å². The van der Waals surface area contributed by atoms with Gasteiger partial charge in [-0.05, 0) is 24.5 Å². The zero-order chi connectivity index (χ0) is 14.3. The molecule has 0 aliphatic carbocycles. The number of H-pyrrole nitrogens is 1. The number of hydrogen-bond acceptors (Lipinski definition) is 3. The third kappa shape index (κ3) is 1.86. The van der Waals surface area contributed by atoms with E-state index in [1.165, 1.54) is 0 Å². The van der Waals surface area contributed by atoms with Crippen molar-refractivity contribution in [3.8, 4) is 6.07 Å². The number of piperidine rings is 1. The zero-order valence-corrected chi connectivity index (χ0v) is 11.2. The molecule has 0 aromatic carbocycles. The van der Waals surface area contributed by atoms with Gasteiger partial charge < -0.3 is 15.2 Å². The van der Waals surface area contributed by atoms with Crippen LogP contribution < -0.4 is 5.32 Å². The number of amides is 2. The molecular weight excluding hydrogens is 256 g/mol. The Kier molecular flexibility index (Phi) is 2.97. The first-order valence-electron chi connectivity index (χ1n) is 6.79. The Bertz CT molecular complexity index is 601. The van der Waals surface area contributed by atoms with Gasteiger partial charge in [-0.25, -0.2) is 0 Å². The van der Waals surface area contributed by atoms with Crippen molar-refractivity contribution in [2.75, 3.05) is 13.1 Å². The first-order chi connectivity index (χ1) is 9.61. The Balaban J connectivity index is 1.87. The second-order valence-electron chi connectivity index (χ2n) is 5.52. The van der Waals surface area contributed by atoms with Crippen LogP contribution in [0.3, 0.4) is 0 Å². The lowest BCUT2D eigenvalue weighted by molar-refractivity contribution is -0.124. The molecule has 2 fully saturated rings. The number of carbonyl (C=O) groups is 2.